The molecule has 0 atom stereocenters. The lowest BCUT2D eigenvalue weighted by Crippen LogP contribution is -2.07. The number of anilines is 4. The number of pyridine rings is 3. The first-order chi connectivity index (χ1) is 14.1. The SMILES string of the molecule is C=CC(=O)Nc1ccnc(-c2nccc3cnc(Nc4ccc(N)nc4)nc23)c1. The summed E-state index contributed by atoms with van der Waals surface area (Å²) in [4.78, 5) is 33.3. The molecule has 1 amide bonds. The molecule has 4 aromatic rings. The second kappa shape index (κ2) is 7.69. The van der Waals surface area contributed by atoms with E-state index >= 15 is 0 Å². The van der Waals surface area contributed by atoms with Gasteiger partial charge in [0.2, 0.25) is 11.9 Å². The molecule has 0 saturated heterocycles. The fourth-order valence-corrected chi connectivity index (χ4v) is 2.64. The number of hydrogen-bond donors (Lipinski definition) is 3. The van der Waals surface area contributed by atoms with Gasteiger partial charge in [-0.3, -0.25) is 14.8 Å². The highest BCUT2D eigenvalue weighted by atomic mass is 16.1. The van der Waals surface area contributed by atoms with E-state index in [-0.39, 0.29) is 5.91 Å². The predicted molar refractivity (Wildman–Crippen MR) is 111 cm³/mol. The number of nitrogens with zero attached hydrogens (tertiary/aromatic N) is 5. The number of hydrogen-bond acceptors (Lipinski definition) is 8. The second-order valence-corrected chi connectivity index (χ2v) is 6.01. The van der Waals surface area contributed by atoms with Gasteiger partial charge in [-0.1, -0.05) is 6.58 Å². The van der Waals surface area contributed by atoms with Gasteiger partial charge < -0.3 is 16.4 Å². The first-order valence-electron chi connectivity index (χ1n) is 8.62. The van der Waals surface area contributed by atoms with Gasteiger partial charge >= 0.3 is 0 Å². The Morgan fingerprint density at radius 1 is 1.00 bits per heavy atom. The molecular weight excluding hydrogens is 368 g/mol. The standard InChI is InChI=1S/C20H16N8O/c1-2-17(29)26-13-6-8-22-15(9-13)19-18-12(5-7-23-19)10-25-20(28-18)27-14-3-4-16(21)24-11-14/h2-11H,1H2,(H2,21,24)(H,22,26,29)(H,25,27,28). The first-order valence-corrected chi connectivity index (χ1v) is 8.62. The van der Waals surface area contributed by atoms with Crippen molar-refractivity contribution in [3.05, 3.63) is 67.8 Å². The maximum absolute atomic E-state index is 11.6. The molecule has 29 heavy (non-hydrogen) atoms. The van der Waals surface area contributed by atoms with Gasteiger partial charge in [0.15, 0.2) is 0 Å². The quantitative estimate of drug-likeness (QED) is 0.448. The van der Waals surface area contributed by atoms with Gasteiger partial charge in [-0.05, 0) is 36.4 Å². The Hall–Kier alpha value is -4.40. The van der Waals surface area contributed by atoms with E-state index in [1.54, 1.807) is 49.1 Å². The molecule has 0 radical (unpaired) electrons. The molecule has 0 saturated carbocycles. The zero-order chi connectivity index (χ0) is 20.2. The van der Waals surface area contributed by atoms with Gasteiger partial charge in [-0.15, -0.1) is 0 Å². The van der Waals surface area contributed by atoms with Crippen molar-refractivity contribution in [2.24, 2.45) is 0 Å². The van der Waals surface area contributed by atoms with Gasteiger partial charge in [0.1, 0.15) is 17.0 Å². The molecule has 4 rings (SSSR count). The summed E-state index contributed by atoms with van der Waals surface area (Å²) >= 11 is 0. The van der Waals surface area contributed by atoms with Crippen molar-refractivity contribution in [2.75, 3.05) is 16.4 Å². The van der Waals surface area contributed by atoms with E-state index in [9.17, 15) is 4.79 Å². The van der Waals surface area contributed by atoms with Gasteiger partial charge in [-0.25, -0.2) is 15.0 Å². The Morgan fingerprint density at radius 3 is 2.66 bits per heavy atom. The van der Waals surface area contributed by atoms with Crippen molar-refractivity contribution in [3.63, 3.8) is 0 Å². The normalized spacial score (nSPS) is 10.5. The van der Waals surface area contributed by atoms with Crippen LogP contribution in [0.15, 0.2) is 67.8 Å². The van der Waals surface area contributed by atoms with Crippen LogP contribution in [-0.2, 0) is 4.79 Å². The highest BCUT2D eigenvalue weighted by Crippen LogP contribution is 2.26. The van der Waals surface area contributed by atoms with Crippen molar-refractivity contribution < 1.29 is 4.79 Å². The molecular formula is C20H16N8O. The molecule has 0 aliphatic carbocycles. The smallest absolute Gasteiger partial charge is 0.247 e. The third kappa shape index (κ3) is 3.98. The van der Waals surface area contributed by atoms with Crippen molar-refractivity contribution in [3.8, 4) is 11.4 Å². The Labute approximate surface area is 165 Å². The predicted octanol–water partition coefficient (Wildman–Crippen LogP) is 2.93. The van der Waals surface area contributed by atoms with Crippen molar-refractivity contribution in [1.82, 2.24) is 24.9 Å². The Bertz CT molecular complexity index is 1210. The lowest BCUT2D eigenvalue weighted by Gasteiger charge is -2.09. The number of nitrogen functional groups attached to an aromatic ring is 1. The molecule has 0 aliphatic heterocycles. The van der Waals surface area contributed by atoms with Crippen LogP contribution in [0.3, 0.4) is 0 Å². The van der Waals surface area contributed by atoms with Crippen LogP contribution in [0.4, 0.5) is 23.1 Å². The average molecular weight is 384 g/mol. The second-order valence-electron chi connectivity index (χ2n) is 6.01. The Balaban J connectivity index is 1.73. The number of carbonyl (C=O) groups is 1. The van der Waals surface area contributed by atoms with Crippen LogP contribution in [0, 0.1) is 0 Å². The maximum Gasteiger partial charge on any atom is 0.247 e. The molecule has 9 heteroatoms. The zero-order valence-corrected chi connectivity index (χ0v) is 15.2. The summed E-state index contributed by atoms with van der Waals surface area (Å²) in [6.45, 7) is 3.45. The van der Waals surface area contributed by atoms with Crippen molar-refractivity contribution in [1.29, 1.82) is 0 Å². The van der Waals surface area contributed by atoms with Crippen molar-refractivity contribution >= 4 is 40.0 Å². The zero-order valence-electron chi connectivity index (χ0n) is 15.2. The highest BCUT2D eigenvalue weighted by molar-refractivity contribution is 5.99. The van der Waals surface area contributed by atoms with Crippen LogP contribution in [-0.4, -0.2) is 30.8 Å². The number of nitrogens with two attached hydrogens (primary N) is 1. The van der Waals surface area contributed by atoms with E-state index in [4.69, 9.17) is 5.73 Å². The largest absolute Gasteiger partial charge is 0.384 e. The van der Waals surface area contributed by atoms with Gasteiger partial charge in [0.25, 0.3) is 0 Å². The molecule has 0 aromatic carbocycles. The molecule has 4 N–H and O–H groups in total. The summed E-state index contributed by atoms with van der Waals surface area (Å²) in [5, 5.41) is 6.61. The topological polar surface area (TPSA) is 132 Å². The lowest BCUT2D eigenvalue weighted by molar-refractivity contribution is -0.111. The van der Waals surface area contributed by atoms with Crippen LogP contribution in [0.2, 0.25) is 0 Å². The average Bonchev–Trinajstić information content (AvgIpc) is 2.75. The van der Waals surface area contributed by atoms with Crippen LogP contribution < -0.4 is 16.4 Å². The molecule has 4 heterocycles. The summed E-state index contributed by atoms with van der Waals surface area (Å²) in [5.41, 5.74) is 8.65. The number of carbonyl (C=O) groups excluding carboxylic acids is 1. The van der Waals surface area contributed by atoms with E-state index in [1.165, 1.54) is 6.08 Å². The summed E-state index contributed by atoms with van der Waals surface area (Å²) in [6.07, 6.45) is 7.75. The first kappa shape index (κ1) is 18.0. The third-order valence-electron chi connectivity index (χ3n) is 4.00. The summed E-state index contributed by atoms with van der Waals surface area (Å²) in [7, 11) is 0. The van der Waals surface area contributed by atoms with Crippen LogP contribution in [0.5, 0.6) is 0 Å². The van der Waals surface area contributed by atoms with Crippen LogP contribution >= 0.6 is 0 Å². The minimum absolute atomic E-state index is 0.307. The van der Waals surface area contributed by atoms with Gasteiger partial charge in [0, 0.05) is 29.7 Å². The van der Waals surface area contributed by atoms with E-state index in [0.717, 1.165) is 5.39 Å². The monoisotopic (exact) mass is 384 g/mol. The minimum Gasteiger partial charge on any atom is -0.384 e. The lowest BCUT2D eigenvalue weighted by atomic mass is 10.1. The van der Waals surface area contributed by atoms with Crippen LogP contribution in [0.25, 0.3) is 22.3 Å². The molecule has 4 aromatic heterocycles. The highest BCUT2D eigenvalue weighted by Gasteiger charge is 2.11. The molecule has 0 aliphatic rings. The summed E-state index contributed by atoms with van der Waals surface area (Å²) in [6, 6.07) is 8.70. The molecule has 0 unspecified atom stereocenters. The number of amides is 1. The summed E-state index contributed by atoms with van der Waals surface area (Å²) < 4.78 is 0. The number of aromatic nitrogens is 5. The molecule has 9 nitrogen and oxygen atoms in total. The van der Waals surface area contributed by atoms with E-state index < -0.39 is 0 Å². The fraction of sp³-hybridized carbons (Fsp3) is 0. The molecule has 142 valence electrons. The third-order valence-corrected chi connectivity index (χ3v) is 4.00. The maximum atomic E-state index is 11.6. The van der Waals surface area contributed by atoms with E-state index in [1.807, 2.05) is 6.07 Å². The van der Waals surface area contributed by atoms with Crippen LogP contribution in [0.1, 0.15) is 0 Å². The molecule has 0 bridgehead atoms. The molecule has 0 spiro atoms. The number of fused-ring (bicyclic) bond motifs is 1. The number of nitrogens with one attached hydrogen (secondary N) is 2. The van der Waals surface area contributed by atoms with E-state index in [2.05, 4.69) is 42.1 Å². The minimum atomic E-state index is -0.307. The fourth-order valence-electron chi connectivity index (χ4n) is 2.64. The van der Waals surface area contributed by atoms with Gasteiger partial charge in [0.05, 0.1) is 17.6 Å². The Kier molecular flexibility index (Phi) is 4.77. The van der Waals surface area contributed by atoms with E-state index in [0.29, 0.717) is 40.0 Å². The molecule has 0 fully saturated rings. The summed E-state index contributed by atoms with van der Waals surface area (Å²) in [5.74, 6) is 0.504. The number of rotatable bonds is 5. The Morgan fingerprint density at radius 2 is 1.86 bits per heavy atom. The van der Waals surface area contributed by atoms with Crippen molar-refractivity contribution in [2.45, 2.75) is 0 Å². The van der Waals surface area contributed by atoms with Gasteiger partial charge in [-0.2, -0.15) is 0 Å².